The summed E-state index contributed by atoms with van der Waals surface area (Å²) in [5, 5.41) is 14.5. The number of aliphatic imine (C=N–C) groups is 1. The molecule has 2 aromatic rings. The molecule has 1 unspecified atom stereocenters. The standard InChI is InChI=1S/C39H58N6O7S/c1-10-24(4)30(21-41-38(51)39(7)16-11-17-44(39)8)36(48)45(9)32(23(2)3)20-33(52-26(6)46)35-43-31(22-53-35)34(47)42-29(18-25(5)37(49)50)19-27-12-14-28(40)15-13-27/h12-15,21-25,29-30,32-33H,10-11,16-20,40H2,1-9H3,(H,42,47)(H,49,50)/b41-21+/t24-,25-,29+,30?,32+,33+,39+/m0/s1. The highest BCUT2D eigenvalue weighted by Crippen LogP contribution is 2.32. The number of likely N-dealkylation sites (tertiary alicyclic amines) is 1. The van der Waals surface area contributed by atoms with Crippen molar-refractivity contribution < 1.29 is 33.8 Å². The monoisotopic (exact) mass is 754 g/mol. The van der Waals surface area contributed by atoms with E-state index in [1.165, 1.54) is 24.5 Å². The van der Waals surface area contributed by atoms with E-state index >= 15 is 0 Å². The lowest BCUT2D eigenvalue weighted by molar-refractivity contribution is -0.148. The van der Waals surface area contributed by atoms with Crippen molar-refractivity contribution in [3.63, 3.8) is 0 Å². The molecule has 1 aliphatic rings. The molecule has 3 rings (SSSR count). The van der Waals surface area contributed by atoms with Gasteiger partial charge in [-0.25, -0.2) is 9.98 Å². The van der Waals surface area contributed by atoms with Gasteiger partial charge in [-0.05, 0) is 75.7 Å². The third kappa shape index (κ3) is 11.7. The SMILES string of the molecule is CC[C@H](C)C(/C=N/C(=O)[C@@]1(C)CCCN1C)C(=O)N(C)[C@H](C[C@@H](OC(C)=O)c1nc(C(=O)N[C@@H](Cc2ccc(N)cc2)C[C@H](C)C(=O)O)cs1)C(C)C. The number of carbonyl (C=O) groups excluding carboxylic acids is 4. The van der Waals surface area contributed by atoms with Crippen LogP contribution in [0.3, 0.4) is 0 Å². The van der Waals surface area contributed by atoms with Crippen molar-refractivity contribution in [3.05, 3.63) is 45.9 Å². The number of aliphatic carboxylic acids is 1. The highest BCUT2D eigenvalue weighted by atomic mass is 32.1. The average Bonchev–Trinajstić information content (AvgIpc) is 3.73. The molecule has 14 heteroatoms. The molecule has 0 radical (unpaired) electrons. The van der Waals surface area contributed by atoms with Crippen LogP contribution in [-0.4, -0.2) is 94.0 Å². The molecule has 53 heavy (non-hydrogen) atoms. The molecule has 1 aromatic heterocycles. The Morgan fingerprint density at radius 3 is 2.36 bits per heavy atom. The molecule has 13 nitrogen and oxygen atoms in total. The molecular formula is C39H58N6O7S. The highest BCUT2D eigenvalue weighted by Gasteiger charge is 2.41. The van der Waals surface area contributed by atoms with Crippen molar-refractivity contribution >= 4 is 52.9 Å². The molecular weight excluding hydrogens is 697 g/mol. The van der Waals surface area contributed by atoms with Gasteiger partial charge in [0.25, 0.3) is 11.8 Å². The van der Waals surface area contributed by atoms with Crippen molar-refractivity contribution in [1.29, 1.82) is 0 Å². The summed E-state index contributed by atoms with van der Waals surface area (Å²) in [5.74, 6) is -3.92. The van der Waals surface area contributed by atoms with Crippen molar-refractivity contribution in [2.24, 2.45) is 28.7 Å². The lowest BCUT2D eigenvalue weighted by Crippen LogP contribution is -2.47. The number of thiazole rings is 1. The molecule has 0 spiro atoms. The number of likely N-dealkylation sites (N-methyl/N-ethyl adjacent to an activating group) is 1. The number of rotatable bonds is 18. The van der Waals surface area contributed by atoms with Crippen LogP contribution >= 0.6 is 11.3 Å². The van der Waals surface area contributed by atoms with Crippen LogP contribution in [0.5, 0.6) is 0 Å². The summed E-state index contributed by atoms with van der Waals surface area (Å²) in [4.78, 5) is 77.5. The molecule has 292 valence electrons. The Morgan fingerprint density at radius 1 is 1.15 bits per heavy atom. The number of esters is 1. The Balaban J connectivity index is 1.83. The minimum atomic E-state index is -0.965. The number of carbonyl (C=O) groups is 5. The number of ether oxygens (including phenoxy) is 1. The number of nitrogens with zero attached hydrogens (tertiary/aromatic N) is 4. The van der Waals surface area contributed by atoms with Gasteiger partial charge in [0.15, 0.2) is 6.10 Å². The van der Waals surface area contributed by atoms with Crippen molar-refractivity contribution in [2.45, 2.75) is 111 Å². The summed E-state index contributed by atoms with van der Waals surface area (Å²) >= 11 is 1.17. The first kappa shape index (κ1) is 43.2. The largest absolute Gasteiger partial charge is 0.481 e. The first-order chi connectivity index (χ1) is 24.9. The zero-order valence-electron chi connectivity index (χ0n) is 32.6. The molecule has 1 saturated heterocycles. The molecule has 1 fully saturated rings. The topological polar surface area (TPSA) is 185 Å². The molecule has 1 aromatic carbocycles. The van der Waals surface area contributed by atoms with Gasteiger partial charge < -0.3 is 25.8 Å². The number of aromatic nitrogens is 1. The van der Waals surface area contributed by atoms with E-state index < -0.39 is 53.4 Å². The third-order valence-corrected chi connectivity index (χ3v) is 11.6. The van der Waals surface area contributed by atoms with Crippen molar-refractivity contribution in [3.8, 4) is 0 Å². The first-order valence-electron chi connectivity index (χ1n) is 18.4. The highest BCUT2D eigenvalue weighted by molar-refractivity contribution is 7.09. The maximum absolute atomic E-state index is 14.2. The molecule has 4 N–H and O–H groups in total. The summed E-state index contributed by atoms with van der Waals surface area (Å²) in [6.45, 7) is 13.5. The van der Waals surface area contributed by atoms with Crippen LogP contribution in [-0.2, 0) is 30.3 Å². The quantitative estimate of drug-likeness (QED) is 0.101. The van der Waals surface area contributed by atoms with E-state index in [-0.39, 0.29) is 42.2 Å². The van der Waals surface area contributed by atoms with Crippen LogP contribution in [0.25, 0.3) is 0 Å². The Hall–Kier alpha value is -4.17. The summed E-state index contributed by atoms with van der Waals surface area (Å²) in [7, 11) is 3.63. The zero-order chi connectivity index (χ0) is 39.6. The number of nitrogens with one attached hydrogen (secondary N) is 1. The third-order valence-electron chi connectivity index (χ3n) is 10.6. The summed E-state index contributed by atoms with van der Waals surface area (Å²) in [6.07, 6.45) is 3.78. The van der Waals surface area contributed by atoms with Gasteiger partial charge in [-0.15, -0.1) is 11.3 Å². The van der Waals surface area contributed by atoms with Crippen LogP contribution < -0.4 is 11.1 Å². The fourth-order valence-corrected chi connectivity index (χ4v) is 7.56. The van der Waals surface area contributed by atoms with E-state index in [0.29, 0.717) is 30.0 Å². The maximum Gasteiger partial charge on any atom is 0.306 e. The van der Waals surface area contributed by atoms with E-state index in [9.17, 15) is 29.1 Å². The van der Waals surface area contributed by atoms with E-state index in [2.05, 4.69) is 15.3 Å². The molecule has 0 aliphatic carbocycles. The first-order valence-corrected chi connectivity index (χ1v) is 19.3. The normalized spacial score (nSPS) is 19.7. The van der Waals surface area contributed by atoms with Gasteiger partial charge in [0.2, 0.25) is 5.91 Å². The predicted octanol–water partition coefficient (Wildman–Crippen LogP) is 5.40. The van der Waals surface area contributed by atoms with Gasteiger partial charge in [0.1, 0.15) is 10.7 Å². The Kier molecular flexibility index (Phi) is 15.7. The van der Waals surface area contributed by atoms with Gasteiger partial charge in [0, 0.05) is 49.8 Å². The lowest BCUT2D eigenvalue weighted by atomic mass is 9.89. The number of amides is 3. The van der Waals surface area contributed by atoms with Gasteiger partial charge in [-0.2, -0.15) is 0 Å². The maximum atomic E-state index is 14.2. The zero-order valence-corrected chi connectivity index (χ0v) is 33.4. The second-order valence-electron chi connectivity index (χ2n) is 15.0. The number of nitrogen functional groups attached to an aromatic ring is 1. The molecule has 0 bridgehead atoms. The van der Waals surface area contributed by atoms with Crippen LogP contribution in [0, 0.1) is 23.7 Å². The Morgan fingerprint density at radius 2 is 1.81 bits per heavy atom. The average molecular weight is 755 g/mol. The van der Waals surface area contributed by atoms with Crippen LogP contribution in [0.2, 0.25) is 0 Å². The number of hydrogen-bond acceptors (Lipinski definition) is 10. The van der Waals surface area contributed by atoms with E-state index in [4.69, 9.17) is 10.5 Å². The van der Waals surface area contributed by atoms with Gasteiger partial charge >= 0.3 is 11.9 Å². The fourth-order valence-electron chi connectivity index (χ4n) is 6.72. The summed E-state index contributed by atoms with van der Waals surface area (Å²) in [6, 6.07) is 6.28. The van der Waals surface area contributed by atoms with E-state index in [1.54, 1.807) is 36.4 Å². The molecule has 0 saturated carbocycles. The predicted molar refractivity (Wildman–Crippen MR) is 207 cm³/mol. The number of hydrogen-bond donors (Lipinski definition) is 3. The second kappa shape index (κ2) is 19.2. The lowest BCUT2D eigenvalue weighted by Gasteiger charge is -2.36. The smallest absolute Gasteiger partial charge is 0.306 e. The van der Waals surface area contributed by atoms with Crippen LogP contribution in [0.4, 0.5) is 5.69 Å². The minimum Gasteiger partial charge on any atom is -0.481 e. The number of nitrogens with two attached hydrogens (primary N) is 1. The van der Waals surface area contributed by atoms with Crippen molar-refractivity contribution in [2.75, 3.05) is 26.4 Å². The van der Waals surface area contributed by atoms with Gasteiger partial charge in [-0.1, -0.05) is 53.2 Å². The fraction of sp³-hybridized carbons (Fsp3) is 0.615. The van der Waals surface area contributed by atoms with Gasteiger partial charge in [-0.3, -0.25) is 28.9 Å². The van der Waals surface area contributed by atoms with Crippen molar-refractivity contribution in [1.82, 2.24) is 20.1 Å². The Bertz CT molecular complexity index is 1610. The number of benzene rings is 1. The second-order valence-corrected chi connectivity index (χ2v) is 15.9. The molecule has 3 amide bonds. The van der Waals surface area contributed by atoms with Gasteiger partial charge in [0.05, 0.1) is 17.4 Å². The van der Waals surface area contributed by atoms with E-state index in [1.807, 2.05) is 58.7 Å². The number of carboxylic acid groups (broad SMARTS) is 1. The molecule has 7 atom stereocenters. The van der Waals surface area contributed by atoms with Crippen LogP contribution in [0.15, 0.2) is 34.6 Å². The molecule has 2 heterocycles. The minimum absolute atomic E-state index is 0.0581. The van der Waals surface area contributed by atoms with E-state index in [0.717, 1.165) is 18.5 Å². The number of anilines is 1. The summed E-state index contributed by atoms with van der Waals surface area (Å²) < 4.78 is 5.76. The van der Waals surface area contributed by atoms with Crippen LogP contribution in [0.1, 0.15) is 108 Å². The number of carboxylic acids is 1. The Labute approximate surface area is 317 Å². The molecule has 1 aliphatic heterocycles. The summed E-state index contributed by atoms with van der Waals surface area (Å²) in [5.41, 5.74) is 6.73.